The van der Waals surface area contributed by atoms with Gasteiger partial charge >= 0.3 is 12.1 Å². The first-order valence-corrected chi connectivity index (χ1v) is 9.28. The first-order valence-electron chi connectivity index (χ1n) is 9.28. The summed E-state index contributed by atoms with van der Waals surface area (Å²) >= 11 is 0. The van der Waals surface area contributed by atoms with Gasteiger partial charge in [0.25, 0.3) is 0 Å². The molecule has 0 atom stereocenters. The molecule has 0 aromatic heterocycles. The zero-order valence-corrected chi connectivity index (χ0v) is 16.9. The molecule has 6 nitrogen and oxygen atoms in total. The van der Waals surface area contributed by atoms with Crippen LogP contribution in [0.2, 0.25) is 0 Å². The predicted octanol–water partition coefficient (Wildman–Crippen LogP) is 5.08. The monoisotopic (exact) mass is 406 g/mol. The summed E-state index contributed by atoms with van der Waals surface area (Å²) in [5.41, 5.74) is 1.32. The summed E-state index contributed by atoms with van der Waals surface area (Å²) < 4.78 is 15.1. The van der Waals surface area contributed by atoms with E-state index >= 15 is 0 Å². The van der Waals surface area contributed by atoms with Crippen LogP contribution in [0.5, 0.6) is 17.2 Å². The van der Waals surface area contributed by atoms with E-state index in [1.165, 1.54) is 13.2 Å². The number of para-hydroxylation sites is 1. The van der Waals surface area contributed by atoms with Gasteiger partial charge in [-0.3, -0.25) is 0 Å². The second-order valence-corrected chi connectivity index (χ2v) is 7.14. The molecule has 3 aromatic rings. The molecular formula is C24H22O6. The van der Waals surface area contributed by atoms with Crippen LogP contribution < -0.4 is 9.47 Å². The average Bonchev–Trinajstić information content (AvgIpc) is 2.74. The van der Waals surface area contributed by atoms with Gasteiger partial charge in [0.1, 0.15) is 22.8 Å². The van der Waals surface area contributed by atoms with Gasteiger partial charge in [0.05, 0.1) is 7.11 Å². The molecule has 154 valence electrons. The summed E-state index contributed by atoms with van der Waals surface area (Å²) in [6.45, 7) is 3.98. The Balaban J connectivity index is 2.02. The van der Waals surface area contributed by atoms with Crippen molar-refractivity contribution in [1.82, 2.24) is 0 Å². The highest BCUT2D eigenvalue weighted by atomic mass is 16.7. The summed E-state index contributed by atoms with van der Waals surface area (Å²) in [5.74, 6) is -0.0882. The number of rotatable bonds is 5. The van der Waals surface area contributed by atoms with Crippen molar-refractivity contribution in [2.75, 3.05) is 7.11 Å². The van der Waals surface area contributed by atoms with Gasteiger partial charge in [-0.1, -0.05) is 50.2 Å². The van der Waals surface area contributed by atoms with Gasteiger partial charge in [-0.05, 0) is 47.5 Å². The minimum absolute atomic E-state index is 0.0352. The molecule has 0 saturated heterocycles. The number of hydrogen-bond donors (Lipinski definition) is 1. The molecule has 30 heavy (non-hydrogen) atoms. The zero-order chi connectivity index (χ0) is 21.7. The average molecular weight is 406 g/mol. The van der Waals surface area contributed by atoms with E-state index in [9.17, 15) is 14.7 Å². The van der Waals surface area contributed by atoms with E-state index in [4.69, 9.17) is 9.47 Å². The first kappa shape index (κ1) is 20.9. The van der Waals surface area contributed by atoms with E-state index in [1.807, 2.05) is 32.0 Å². The Morgan fingerprint density at radius 2 is 1.47 bits per heavy atom. The van der Waals surface area contributed by atoms with Crippen LogP contribution in [0.25, 0.3) is 0 Å². The minimum atomic E-state index is -0.936. The lowest BCUT2D eigenvalue weighted by Crippen LogP contribution is -2.21. The van der Waals surface area contributed by atoms with Crippen LogP contribution in [0.3, 0.4) is 0 Å². The molecule has 0 spiro atoms. The highest BCUT2D eigenvalue weighted by molar-refractivity contribution is 5.95. The van der Waals surface area contributed by atoms with Crippen molar-refractivity contribution in [3.8, 4) is 17.2 Å². The maximum Gasteiger partial charge on any atom is 0.513 e. The van der Waals surface area contributed by atoms with E-state index in [2.05, 4.69) is 4.74 Å². The number of methoxy groups -OCH3 is 1. The fraction of sp³-hybridized carbons (Fsp3) is 0.167. The topological polar surface area (TPSA) is 82.1 Å². The fourth-order valence-corrected chi connectivity index (χ4v) is 2.99. The van der Waals surface area contributed by atoms with Gasteiger partial charge in [-0.25, -0.2) is 9.59 Å². The molecule has 0 aliphatic rings. The van der Waals surface area contributed by atoms with Gasteiger partial charge in [-0.15, -0.1) is 0 Å². The van der Waals surface area contributed by atoms with Crippen molar-refractivity contribution >= 4 is 12.1 Å². The predicted molar refractivity (Wildman–Crippen MR) is 111 cm³/mol. The molecule has 0 aliphatic heterocycles. The van der Waals surface area contributed by atoms with Gasteiger partial charge in [0.2, 0.25) is 0 Å². The van der Waals surface area contributed by atoms with Gasteiger partial charge in [0, 0.05) is 5.41 Å². The third-order valence-electron chi connectivity index (χ3n) is 4.82. The Bertz CT molecular complexity index is 1040. The van der Waals surface area contributed by atoms with Crippen molar-refractivity contribution in [2.45, 2.75) is 19.3 Å². The molecule has 0 radical (unpaired) electrons. The maximum atomic E-state index is 12.9. The molecule has 3 rings (SSSR count). The summed E-state index contributed by atoms with van der Waals surface area (Å²) in [6.07, 6.45) is -0.936. The van der Waals surface area contributed by atoms with Crippen molar-refractivity contribution in [1.29, 1.82) is 0 Å². The molecule has 3 aromatic carbocycles. The molecule has 6 heteroatoms. The van der Waals surface area contributed by atoms with Crippen LogP contribution in [0, 0.1) is 0 Å². The lowest BCUT2D eigenvalue weighted by Gasteiger charge is -2.27. The zero-order valence-electron chi connectivity index (χ0n) is 16.9. The number of ether oxygens (including phenoxy) is 3. The molecule has 1 N–H and O–H groups in total. The van der Waals surface area contributed by atoms with Crippen LogP contribution in [0.15, 0.2) is 72.8 Å². The number of benzene rings is 3. The third-order valence-corrected chi connectivity index (χ3v) is 4.82. The Morgan fingerprint density at radius 3 is 2.10 bits per heavy atom. The number of carbonyl (C=O) groups excluding carboxylic acids is 2. The summed E-state index contributed by atoms with van der Waals surface area (Å²) in [6, 6.07) is 20.4. The lowest BCUT2D eigenvalue weighted by atomic mass is 9.77. The number of esters is 1. The third kappa shape index (κ3) is 4.60. The summed E-state index contributed by atoms with van der Waals surface area (Å²) in [7, 11) is 1.19. The summed E-state index contributed by atoms with van der Waals surface area (Å²) in [5, 5.41) is 9.57. The number of aromatic hydroxyl groups is 1. The molecule has 0 heterocycles. The van der Waals surface area contributed by atoms with Crippen LogP contribution >= 0.6 is 0 Å². The highest BCUT2D eigenvalue weighted by Crippen LogP contribution is 2.35. The normalized spacial score (nSPS) is 10.9. The van der Waals surface area contributed by atoms with E-state index in [0.717, 1.165) is 11.1 Å². The second-order valence-electron chi connectivity index (χ2n) is 7.14. The summed E-state index contributed by atoms with van der Waals surface area (Å²) in [4.78, 5) is 24.5. The molecule has 0 unspecified atom stereocenters. The lowest BCUT2D eigenvalue weighted by molar-refractivity contribution is 0.0729. The fourth-order valence-electron chi connectivity index (χ4n) is 2.99. The van der Waals surface area contributed by atoms with Crippen molar-refractivity contribution in [3.63, 3.8) is 0 Å². The Hall–Kier alpha value is -3.80. The molecule has 0 amide bonds. The Labute approximate surface area is 174 Å². The molecule has 0 aliphatic carbocycles. The smallest absolute Gasteiger partial charge is 0.508 e. The van der Waals surface area contributed by atoms with E-state index < -0.39 is 17.5 Å². The maximum absolute atomic E-state index is 12.9. The van der Waals surface area contributed by atoms with Gasteiger partial charge < -0.3 is 19.3 Å². The minimum Gasteiger partial charge on any atom is -0.508 e. The SMILES string of the molecule is COC(=O)Oc1ccc(C(C)(C)c2ccc(O)cc2)cc1C(=O)Oc1ccccc1. The molecule has 0 saturated carbocycles. The van der Waals surface area contributed by atoms with E-state index in [-0.39, 0.29) is 17.1 Å². The van der Waals surface area contributed by atoms with E-state index in [1.54, 1.807) is 48.5 Å². The van der Waals surface area contributed by atoms with Gasteiger partial charge in [0.15, 0.2) is 0 Å². The van der Waals surface area contributed by atoms with Crippen molar-refractivity contribution < 1.29 is 28.9 Å². The Morgan fingerprint density at radius 1 is 0.833 bits per heavy atom. The second kappa shape index (κ2) is 8.69. The number of phenols is 1. The number of phenolic OH excluding ortho intramolecular Hbond substituents is 1. The van der Waals surface area contributed by atoms with Crippen LogP contribution in [0.1, 0.15) is 35.3 Å². The molecule has 0 fully saturated rings. The van der Waals surface area contributed by atoms with E-state index in [0.29, 0.717) is 5.75 Å². The first-order chi connectivity index (χ1) is 14.3. The highest BCUT2D eigenvalue weighted by Gasteiger charge is 2.27. The van der Waals surface area contributed by atoms with Crippen molar-refractivity contribution in [3.05, 3.63) is 89.5 Å². The Kier molecular flexibility index (Phi) is 6.06. The standard InChI is InChI=1S/C24H22O6/c1-24(2,16-9-12-18(25)13-10-16)17-11-14-21(30-23(27)28-3)20(15-17)22(26)29-19-7-5-4-6-8-19/h4-15,25H,1-3H3. The molecular weight excluding hydrogens is 384 g/mol. The number of hydrogen-bond acceptors (Lipinski definition) is 6. The van der Waals surface area contributed by atoms with Crippen LogP contribution in [-0.2, 0) is 10.2 Å². The number of carbonyl (C=O) groups is 2. The largest absolute Gasteiger partial charge is 0.513 e. The quantitative estimate of drug-likeness (QED) is 0.361. The van der Waals surface area contributed by atoms with Crippen LogP contribution in [0.4, 0.5) is 4.79 Å². The van der Waals surface area contributed by atoms with Crippen LogP contribution in [-0.4, -0.2) is 24.3 Å². The molecule has 0 bridgehead atoms. The van der Waals surface area contributed by atoms with Gasteiger partial charge in [-0.2, -0.15) is 0 Å². The van der Waals surface area contributed by atoms with Crippen molar-refractivity contribution in [2.24, 2.45) is 0 Å².